The number of methoxy groups -OCH3 is 1. The van der Waals surface area contributed by atoms with Gasteiger partial charge in [-0.05, 0) is 33.6 Å². The molecule has 7 nitrogen and oxygen atoms in total. The highest BCUT2D eigenvalue weighted by Crippen LogP contribution is 2.35. The van der Waals surface area contributed by atoms with Gasteiger partial charge < -0.3 is 14.6 Å². The molecule has 21 heavy (non-hydrogen) atoms. The van der Waals surface area contributed by atoms with Gasteiger partial charge in [0, 0.05) is 6.07 Å². The smallest absolute Gasteiger partial charge is 0.288 e. The summed E-state index contributed by atoms with van der Waals surface area (Å²) in [5, 5.41) is 19.7. The van der Waals surface area contributed by atoms with Gasteiger partial charge in [0.1, 0.15) is 6.20 Å². The highest BCUT2D eigenvalue weighted by Gasteiger charge is 2.14. The Balaban J connectivity index is 2.32. The lowest BCUT2D eigenvalue weighted by Gasteiger charge is -2.11. The van der Waals surface area contributed by atoms with Crippen LogP contribution in [-0.2, 0) is 6.61 Å². The quantitative estimate of drug-likeness (QED) is 0.654. The first-order valence-electron chi connectivity index (χ1n) is 5.80. The average molecular weight is 355 g/mol. The molecule has 2 aromatic rings. The van der Waals surface area contributed by atoms with E-state index in [2.05, 4.69) is 20.9 Å². The van der Waals surface area contributed by atoms with Crippen LogP contribution in [0, 0.1) is 10.1 Å². The van der Waals surface area contributed by atoms with Gasteiger partial charge in [0.2, 0.25) is 5.88 Å². The standard InChI is InChI=1S/C13H11BrN2O5/c1-20-12-4-8(7-17)2-3-11(12)21-13-10(14)5-9(6-15-13)16(18)19/h2-6,17H,7H2,1H3. The van der Waals surface area contributed by atoms with Crippen LogP contribution < -0.4 is 9.47 Å². The third-order valence-electron chi connectivity index (χ3n) is 2.62. The zero-order valence-electron chi connectivity index (χ0n) is 10.9. The number of pyridine rings is 1. The maximum atomic E-state index is 10.7. The Morgan fingerprint density at radius 2 is 2.14 bits per heavy atom. The number of hydrogen-bond acceptors (Lipinski definition) is 6. The molecular weight excluding hydrogens is 344 g/mol. The van der Waals surface area contributed by atoms with Crippen molar-refractivity contribution < 1.29 is 19.5 Å². The summed E-state index contributed by atoms with van der Waals surface area (Å²) in [4.78, 5) is 14.0. The van der Waals surface area contributed by atoms with E-state index in [1.165, 1.54) is 13.2 Å². The predicted molar refractivity (Wildman–Crippen MR) is 77.6 cm³/mol. The third kappa shape index (κ3) is 3.47. The molecule has 0 aliphatic carbocycles. The van der Waals surface area contributed by atoms with Gasteiger partial charge >= 0.3 is 0 Å². The van der Waals surface area contributed by atoms with E-state index in [-0.39, 0.29) is 18.2 Å². The Labute approximate surface area is 128 Å². The van der Waals surface area contributed by atoms with E-state index < -0.39 is 4.92 Å². The van der Waals surface area contributed by atoms with E-state index in [1.807, 2.05) is 0 Å². The lowest BCUT2D eigenvalue weighted by Crippen LogP contribution is -1.96. The molecule has 0 atom stereocenters. The predicted octanol–water partition coefficient (Wildman–Crippen LogP) is 3.05. The first-order valence-corrected chi connectivity index (χ1v) is 6.60. The van der Waals surface area contributed by atoms with Crippen LogP contribution in [0.5, 0.6) is 17.4 Å². The first kappa shape index (κ1) is 15.2. The van der Waals surface area contributed by atoms with Gasteiger partial charge in [0.15, 0.2) is 11.5 Å². The van der Waals surface area contributed by atoms with Crippen LogP contribution >= 0.6 is 15.9 Å². The van der Waals surface area contributed by atoms with E-state index in [4.69, 9.17) is 14.6 Å². The minimum absolute atomic E-state index is 0.115. The molecule has 0 bridgehead atoms. The normalized spacial score (nSPS) is 10.2. The second-order valence-corrected chi connectivity index (χ2v) is 4.84. The van der Waals surface area contributed by atoms with E-state index >= 15 is 0 Å². The Bertz CT molecular complexity index is 678. The second kappa shape index (κ2) is 6.51. The molecule has 0 saturated carbocycles. The number of halogens is 1. The number of aliphatic hydroxyl groups is 1. The summed E-state index contributed by atoms with van der Waals surface area (Å²) >= 11 is 3.17. The molecule has 0 radical (unpaired) electrons. The van der Waals surface area contributed by atoms with E-state index in [0.717, 1.165) is 6.20 Å². The molecule has 1 N–H and O–H groups in total. The van der Waals surface area contributed by atoms with Crippen molar-refractivity contribution in [1.82, 2.24) is 4.98 Å². The molecule has 1 aromatic carbocycles. The molecule has 2 rings (SSSR count). The number of aromatic nitrogens is 1. The number of nitrogens with zero attached hydrogens (tertiary/aromatic N) is 2. The highest BCUT2D eigenvalue weighted by molar-refractivity contribution is 9.10. The highest BCUT2D eigenvalue weighted by atomic mass is 79.9. The Morgan fingerprint density at radius 1 is 1.38 bits per heavy atom. The summed E-state index contributed by atoms with van der Waals surface area (Å²) in [6, 6.07) is 6.24. The van der Waals surface area contributed by atoms with E-state index in [1.54, 1.807) is 18.2 Å². The number of rotatable bonds is 5. The second-order valence-electron chi connectivity index (χ2n) is 3.98. The molecule has 0 saturated heterocycles. The van der Waals surface area contributed by atoms with Crippen LogP contribution in [0.2, 0.25) is 0 Å². The fourth-order valence-corrected chi connectivity index (χ4v) is 2.01. The van der Waals surface area contributed by atoms with Crippen molar-refractivity contribution >= 4 is 21.6 Å². The van der Waals surface area contributed by atoms with Crippen molar-refractivity contribution in [1.29, 1.82) is 0 Å². The Morgan fingerprint density at radius 3 is 2.71 bits per heavy atom. The third-order valence-corrected chi connectivity index (χ3v) is 3.19. The topological polar surface area (TPSA) is 94.7 Å². The van der Waals surface area contributed by atoms with Gasteiger partial charge in [-0.15, -0.1) is 0 Å². The van der Waals surface area contributed by atoms with E-state index in [9.17, 15) is 10.1 Å². The Hall–Kier alpha value is -2.19. The Kier molecular flexibility index (Phi) is 4.71. The van der Waals surface area contributed by atoms with Crippen LogP contribution in [0.15, 0.2) is 34.9 Å². The largest absolute Gasteiger partial charge is 0.493 e. The average Bonchev–Trinajstić information content (AvgIpc) is 2.49. The minimum Gasteiger partial charge on any atom is -0.493 e. The zero-order chi connectivity index (χ0) is 15.4. The van der Waals surface area contributed by atoms with Crippen molar-refractivity contribution in [3.05, 3.63) is 50.6 Å². The molecule has 1 aromatic heterocycles. The van der Waals surface area contributed by atoms with Gasteiger partial charge in [-0.2, -0.15) is 0 Å². The lowest BCUT2D eigenvalue weighted by atomic mass is 10.2. The zero-order valence-corrected chi connectivity index (χ0v) is 12.5. The van der Waals surface area contributed by atoms with Crippen LogP contribution in [-0.4, -0.2) is 22.1 Å². The molecule has 1 heterocycles. The summed E-state index contributed by atoms with van der Waals surface area (Å²) in [5.41, 5.74) is 0.534. The van der Waals surface area contributed by atoms with Crippen molar-refractivity contribution in [3.63, 3.8) is 0 Å². The molecule has 0 spiro atoms. The van der Waals surface area contributed by atoms with Gasteiger partial charge in [-0.25, -0.2) is 4.98 Å². The molecule has 110 valence electrons. The van der Waals surface area contributed by atoms with Crippen LogP contribution in [0.4, 0.5) is 5.69 Å². The summed E-state index contributed by atoms with van der Waals surface area (Å²) in [7, 11) is 1.47. The summed E-state index contributed by atoms with van der Waals surface area (Å²) in [6.45, 7) is -0.115. The molecule has 0 aliphatic rings. The summed E-state index contributed by atoms with van der Waals surface area (Å²) < 4.78 is 11.1. The molecule has 0 unspecified atom stereocenters. The van der Waals surface area contributed by atoms with Gasteiger partial charge in [0.25, 0.3) is 5.69 Å². The van der Waals surface area contributed by atoms with Gasteiger partial charge in [-0.3, -0.25) is 10.1 Å². The van der Waals surface area contributed by atoms with Crippen molar-refractivity contribution in [2.24, 2.45) is 0 Å². The maximum Gasteiger partial charge on any atom is 0.288 e. The SMILES string of the molecule is COc1cc(CO)ccc1Oc1ncc([N+](=O)[O-])cc1Br. The van der Waals surface area contributed by atoms with Gasteiger partial charge in [-0.1, -0.05) is 6.07 Å². The van der Waals surface area contributed by atoms with E-state index in [0.29, 0.717) is 21.5 Å². The molecular formula is C13H11BrN2O5. The summed E-state index contributed by atoms with van der Waals surface area (Å²) in [6.07, 6.45) is 1.11. The molecule has 8 heteroatoms. The number of hydrogen-bond donors (Lipinski definition) is 1. The fourth-order valence-electron chi connectivity index (χ4n) is 1.59. The number of aliphatic hydroxyl groups excluding tert-OH is 1. The van der Waals surface area contributed by atoms with Crippen molar-refractivity contribution in [2.45, 2.75) is 6.61 Å². The fraction of sp³-hybridized carbons (Fsp3) is 0.154. The van der Waals surface area contributed by atoms with Gasteiger partial charge in [0.05, 0.1) is 23.1 Å². The van der Waals surface area contributed by atoms with Crippen molar-refractivity contribution in [2.75, 3.05) is 7.11 Å². The lowest BCUT2D eigenvalue weighted by molar-refractivity contribution is -0.385. The summed E-state index contributed by atoms with van der Waals surface area (Å²) in [5.74, 6) is 0.987. The monoisotopic (exact) mass is 354 g/mol. The molecule has 0 amide bonds. The molecule has 0 aliphatic heterocycles. The van der Waals surface area contributed by atoms with Crippen LogP contribution in [0.25, 0.3) is 0 Å². The first-order chi connectivity index (χ1) is 10.0. The molecule has 0 fully saturated rings. The maximum absolute atomic E-state index is 10.7. The minimum atomic E-state index is -0.543. The number of ether oxygens (including phenoxy) is 2. The number of nitro groups is 1. The number of benzene rings is 1. The van der Waals surface area contributed by atoms with Crippen LogP contribution in [0.1, 0.15) is 5.56 Å². The van der Waals surface area contributed by atoms with Crippen LogP contribution in [0.3, 0.4) is 0 Å². The van der Waals surface area contributed by atoms with Crippen molar-refractivity contribution in [3.8, 4) is 17.4 Å².